The van der Waals surface area contributed by atoms with Crippen LogP contribution in [0, 0.1) is 13.8 Å². The van der Waals surface area contributed by atoms with E-state index < -0.39 is 17.1 Å². The first-order chi connectivity index (χ1) is 17.3. The van der Waals surface area contributed by atoms with Crippen LogP contribution >= 0.6 is 11.8 Å². The Morgan fingerprint density at radius 3 is 2.39 bits per heavy atom. The highest BCUT2D eigenvalue weighted by molar-refractivity contribution is 8.18. The number of nitrogens with zero attached hydrogens (tertiary/aromatic N) is 2. The molecule has 0 spiro atoms. The molecule has 0 unspecified atom stereocenters. The van der Waals surface area contributed by atoms with Gasteiger partial charge in [-0.1, -0.05) is 30.3 Å². The summed E-state index contributed by atoms with van der Waals surface area (Å²) in [6.07, 6.45) is 1.59. The average molecular weight is 510 g/mol. The van der Waals surface area contributed by atoms with Gasteiger partial charge in [0.05, 0.1) is 18.1 Å². The number of nitrogens with one attached hydrogen (secondary N) is 1. The van der Waals surface area contributed by atoms with Crippen molar-refractivity contribution in [2.45, 2.75) is 13.8 Å². The van der Waals surface area contributed by atoms with Crippen LogP contribution in [0.3, 0.4) is 0 Å². The lowest BCUT2D eigenvalue weighted by Crippen LogP contribution is -2.42. The molecule has 9 nitrogen and oxygen atoms in total. The predicted molar refractivity (Wildman–Crippen MR) is 137 cm³/mol. The molecular weight excluding hydrogens is 482 g/mol. The number of morpholine rings is 1. The maximum atomic E-state index is 12.8. The number of rotatable bonds is 7. The number of carbonyl (C=O) groups excluding carboxylic acids is 4. The molecule has 1 N–H and O–H groups in total. The van der Waals surface area contributed by atoms with Crippen LogP contribution in [0.1, 0.15) is 16.7 Å². The highest BCUT2D eigenvalue weighted by Crippen LogP contribution is 2.32. The molecule has 188 valence electrons. The lowest BCUT2D eigenvalue weighted by atomic mass is 10.1. The zero-order valence-electron chi connectivity index (χ0n) is 20.1. The van der Waals surface area contributed by atoms with Gasteiger partial charge in [0.15, 0.2) is 6.61 Å². The zero-order valence-corrected chi connectivity index (χ0v) is 20.9. The minimum absolute atomic E-state index is 0.0671. The second-order valence-electron chi connectivity index (χ2n) is 8.43. The Morgan fingerprint density at radius 1 is 1.06 bits per heavy atom. The number of anilines is 1. The molecule has 2 aromatic carbocycles. The summed E-state index contributed by atoms with van der Waals surface area (Å²) in [4.78, 5) is 52.8. The topological polar surface area (TPSA) is 105 Å². The molecule has 2 fully saturated rings. The summed E-state index contributed by atoms with van der Waals surface area (Å²) in [5.41, 5.74) is 3.16. The summed E-state index contributed by atoms with van der Waals surface area (Å²) in [6, 6.07) is 12.5. The molecule has 0 aromatic heterocycles. The van der Waals surface area contributed by atoms with Crippen LogP contribution in [0.15, 0.2) is 47.4 Å². The van der Waals surface area contributed by atoms with Crippen LogP contribution in [0.2, 0.25) is 0 Å². The molecule has 2 aromatic rings. The fraction of sp³-hybridized carbons (Fsp3) is 0.308. The van der Waals surface area contributed by atoms with Crippen molar-refractivity contribution in [1.29, 1.82) is 0 Å². The summed E-state index contributed by atoms with van der Waals surface area (Å²) in [5, 5.41) is 2.30. The molecule has 0 atom stereocenters. The molecule has 0 saturated carbocycles. The van der Waals surface area contributed by atoms with E-state index in [1.165, 1.54) is 0 Å². The van der Waals surface area contributed by atoms with Gasteiger partial charge in [-0.25, -0.2) is 0 Å². The third-order valence-electron chi connectivity index (χ3n) is 5.82. The Bertz CT molecular complexity index is 1180. The van der Waals surface area contributed by atoms with E-state index in [1.54, 1.807) is 35.2 Å². The molecule has 10 heteroatoms. The second-order valence-corrected chi connectivity index (χ2v) is 9.43. The molecule has 2 saturated heterocycles. The van der Waals surface area contributed by atoms with Gasteiger partial charge in [0.2, 0.25) is 5.91 Å². The van der Waals surface area contributed by atoms with Crippen molar-refractivity contribution >= 4 is 46.5 Å². The molecule has 0 aliphatic carbocycles. The molecular formula is C26H27N3O6S. The average Bonchev–Trinajstić information content (AvgIpc) is 3.13. The van der Waals surface area contributed by atoms with Crippen LogP contribution in [0.25, 0.3) is 6.08 Å². The quantitative estimate of drug-likeness (QED) is 0.572. The normalized spacial score (nSPS) is 17.0. The van der Waals surface area contributed by atoms with E-state index in [9.17, 15) is 19.2 Å². The van der Waals surface area contributed by atoms with Crippen molar-refractivity contribution in [2.75, 3.05) is 44.8 Å². The Morgan fingerprint density at radius 2 is 1.72 bits per heavy atom. The zero-order chi connectivity index (χ0) is 25.7. The highest BCUT2D eigenvalue weighted by atomic mass is 32.2. The third-order valence-corrected chi connectivity index (χ3v) is 6.73. The minimum atomic E-state index is -0.516. The summed E-state index contributed by atoms with van der Waals surface area (Å²) in [5.74, 6) is -0.537. The van der Waals surface area contributed by atoms with E-state index in [0.29, 0.717) is 43.3 Å². The van der Waals surface area contributed by atoms with Gasteiger partial charge in [-0.15, -0.1) is 0 Å². The van der Waals surface area contributed by atoms with E-state index in [2.05, 4.69) is 5.32 Å². The van der Waals surface area contributed by atoms with E-state index in [0.717, 1.165) is 27.8 Å². The van der Waals surface area contributed by atoms with E-state index in [-0.39, 0.29) is 24.0 Å². The van der Waals surface area contributed by atoms with Crippen LogP contribution in [-0.2, 0) is 19.1 Å². The molecule has 2 aliphatic heterocycles. The maximum absolute atomic E-state index is 12.8. The van der Waals surface area contributed by atoms with Crippen LogP contribution in [0.4, 0.5) is 10.5 Å². The largest absolute Gasteiger partial charge is 0.484 e. The smallest absolute Gasteiger partial charge is 0.294 e. The minimum Gasteiger partial charge on any atom is -0.484 e. The number of para-hydroxylation sites is 1. The summed E-state index contributed by atoms with van der Waals surface area (Å²) < 4.78 is 10.8. The van der Waals surface area contributed by atoms with Crippen molar-refractivity contribution in [1.82, 2.24) is 9.80 Å². The lowest BCUT2D eigenvalue weighted by Gasteiger charge is -2.26. The Kier molecular flexibility index (Phi) is 8.07. The fourth-order valence-corrected chi connectivity index (χ4v) is 4.67. The monoisotopic (exact) mass is 509 g/mol. The van der Waals surface area contributed by atoms with Crippen molar-refractivity contribution in [2.24, 2.45) is 0 Å². The molecule has 36 heavy (non-hydrogen) atoms. The van der Waals surface area contributed by atoms with Gasteiger partial charge in [-0.05, 0) is 60.5 Å². The van der Waals surface area contributed by atoms with E-state index >= 15 is 0 Å². The third kappa shape index (κ3) is 6.13. The fourth-order valence-electron chi connectivity index (χ4n) is 3.83. The number of imide groups is 1. The summed E-state index contributed by atoms with van der Waals surface area (Å²) >= 11 is 0.792. The van der Waals surface area contributed by atoms with Crippen molar-refractivity contribution < 1.29 is 28.7 Å². The summed E-state index contributed by atoms with van der Waals surface area (Å²) in [6.45, 7) is 5.51. The first-order valence-electron chi connectivity index (χ1n) is 11.5. The first-order valence-corrected chi connectivity index (χ1v) is 12.3. The number of benzene rings is 2. The van der Waals surface area contributed by atoms with Crippen molar-refractivity contribution in [3.8, 4) is 5.75 Å². The lowest BCUT2D eigenvalue weighted by molar-refractivity contribution is -0.137. The Labute approximate surface area is 213 Å². The molecule has 2 aliphatic rings. The van der Waals surface area contributed by atoms with E-state index in [4.69, 9.17) is 9.47 Å². The van der Waals surface area contributed by atoms with Crippen molar-refractivity contribution in [3.05, 3.63) is 64.1 Å². The van der Waals surface area contributed by atoms with Crippen molar-refractivity contribution in [3.63, 3.8) is 0 Å². The number of amides is 4. The maximum Gasteiger partial charge on any atom is 0.294 e. The van der Waals surface area contributed by atoms with Crippen LogP contribution < -0.4 is 10.1 Å². The van der Waals surface area contributed by atoms with Gasteiger partial charge >= 0.3 is 0 Å². The number of thioether (sulfide) groups is 1. The highest BCUT2D eigenvalue weighted by Gasteiger charge is 2.36. The number of hydrogen-bond acceptors (Lipinski definition) is 7. The number of hydrogen-bond donors (Lipinski definition) is 1. The SMILES string of the molecule is Cc1cccc(C)c1NC(=O)CN1C(=O)S/C(=C/c2ccc(OCC(=O)N3CCOCC3)cc2)C1=O. The van der Waals surface area contributed by atoms with Gasteiger partial charge in [0.1, 0.15) is 12.3 Å². The predicted octanol–water partition coefficient (Wildman–Crippen LogP) is 3.22. The van der Waals surface area contributed by atoms with Gasteiger partial charge in [-0.3, -0.25) is 24.1 Å². The number of aryl methyl sites for hydroxylation is 2. The number of ether oxygens (including phenoxy) is 2. The second kappa shape index (κ2) is 11.4. The molecule has 0 bridgehead atoms. The standard InChI is InChI=1S/C26H27N3O6S/c1-17-4-3-5-18(2)24(17)27-22(30)15-29-25(32)21(36-26(29)33)14-19-6-8-20(9-7-19)35-16-23(31)28-10-12-34-13-11-28/h3-9,14H,10-13,15-16H2,1-2H3,(H,27,30)/b21-14+. The van der Waals surface area contributed by atoms with E-state index in [1.807, 2.05) is 32.0 Å². The molecule has 2 heterocycles. The van der Waals surface area contributed by atoms with Crippen LogP contribution in [0.5, 0.6) is 5.75 Å². The van der Waals surface area contributed by atoms with Crippen LogP contribution in [-0.4, -0.2) is 72.2 Å². The Hall–Kier alpha value is -3.63. The number of carbonyl (C=O) groups is 4. The Balaban J connectivity index is 1.33. The van der Waals surface area contributed by atoms with Gasteiger partial charge in [0, 0.05) is 18.8 Å². The first kappa shape index (κ1) is 25.5. The molecule has 4 amide bonds. The van der Waals surface area contributed by atoms with Gasteiger partial charge in [-0.2, -0.15) is 0 Å². The van der Waals surface area contributed by atoms with Gasteiger partial charge in [0.25, 0.3) is 17.1 Å². The molecule has 4 rings (SSSR count). The molecule has 0 radical (unpaired) electrons. The summed E-state index contributed by atoms with van der Waals surface area (Å²) in [7, 11) is 0. The van der Waals surface area contributed by atoms with Gasteiger partial charge < -0.3 is 19.7 Å².